The van der Waals surface area contributed by atoms with Gasteiger partial charge in [0, 0.05) is 11.3 Å². The summed E-state index contributed by atoms with van der Waals surface area (Å²) in [6, 6.07) is 13.4. The molecule has 0 unspecified atom stereocenters. The van der Waals surface area contributed by atoms with Crippen LogP contribution >= 0.6 is 11.8 Å². The fourth-order valence-corrected chi connectivity index (χ4v) is 4.22. The molecule has 1 heterocycles. The molecule has 3 rings (SSSR count). The van der Waals surface area contributed by atoms with Crippen molar-refractivity contribution in [3.8, 4) is 23.1 Å². The molecule has 0 aliphatic heterocycles. The highest BCUT2D eigenvalue weighted by molar-refractivity contribution is 7.98. The normalized spacial score (nSPS) is 10.5. The van der Waals surface area contributed by atoms with Crippen molar-refractivity contribution in [2.75, 3.05) is 7.11 Å². The molecule has 0 aliphatic carbocycles. The lowest BCUT2D eigenvalue weighted by molar-refractivity contribution is 0.415. The lowest BCUT2D eigenvalue weighted by atomic mass is 10.0. The number of aryl methyl sites for hydroxylation is 3. The van der Waals surface area contributed by atoms with E-state index in [4.69, 9.17) is 4.74 Å². The molecule has 0 saturated heterocycles. The highest BCUT2D eigenvalue weighted by Crippen LogP contribution is 2.27. The van der Waals surface area contributed by atoms with Crippen LogP contribution in [0.2, 0.25) is 0 Å². The van der Waals surface area contributed by atoms with Crippen LogP contribution in [0.3, 0.4) is 0 Å². The molecule has 5 nitrogen and oxygen atoms in total. The van der Waals surface area contributed by atoms with Crippen LogP contribution in [-0.2, 0) is 5.75 Å². The van der Waals surface area contributed by atoms with Gasteiger partial charge in [-0.05, 0) is 61.7 Å². The highest BCUT2D eigenvalue weighted by atomic mass is 32.2. The van der Waals surface area contributed by atoms with Crippen molar-refractivity contribution in [2.24, 2.45) is 0 Å². The van der Waals surface area contributed by atoms with E-state index in [1.807, 2.05) is 6.07 Å². The zero-order chi connectivity index (χ0) is 20.3. The van der Waals surface area contributed by atoms with Crippen molar-refractivity contribution < 1.29 is 4.74 Å². The third-order valence-corrected chi connectivity index (χ3v) is 5.47. The van der Waals surface area contributed by atoms with Crippen molar-refractivity contribution in [3.63, 3.8) is 0 Å². The molecule has 6 heteroatoms. The minimum atomic E-state index is -0.428. The van der Waals surface area contributed by atoms with E-state index in [1.54, 1.807) is 31.4 Å². The van der Waals surface area contributed by atoms with Gasteiger partial charge in [0.2, 0.25) is 0 Å². The van der Waals surface area contributed by atoms with Gasteiger partial charge >= 0.3 is 0 Å². The van der Waals surface area contributed by atoms with Crippen LogP contribution in [0.25, 0.3) is 11.3 Å². The third kappa shape index (κ3) is 4.10. The molecule has 0 bridgehead atoms. The second-order valence-electron chi connectivity index (χ2n) is 6.60. The van der Waals surface area contributed by atoms with Gasteiger partial charge < -0.3 is 9.72 Å². The molecule has 1 aromatic heterocycles. The molecular weight excluding hydrogens is 370 g/mol. The standard InChI is InChI=1S/C22H21N3O2S/c1-13-9-14(2)19(15(3)10-13)12-28-22-24-20(18(11-23)21(26)25-22)16-5-7-17(27-4)8-6-16/h5-10H,12H2,1-4H3,(H,24,25,26). The molecule has 0 amide bonds. The Kier molecular flexibility index (Phi) is 5.86. The molecule has 0 spiro atoms. The second kappa shape index (κ2) is 8.32. The van der Waals surface area contributed by atoms with Gasteiger partial charge in [-0.1, -0.05) is 29.5 Å². The highest BCUT2D eigenvalue weighted by Gasteiger charge is 2.14. The summed E-state index contributed by atoms with van der Waals surface area (Å²) in [6.45, 7) is 6.26. The third-order valence-electron chi connectivity index (χ3n) is 4.57. The van der Waals surface area contributed by atoms with Crippen LogP contribution in [0.5, 0.6) is 5.75 Å². The Balaban J connectivity index is 1.96. The molecule has 0 fully saturated rings. The van der Waals surface area contributed by atoms with Gasteiger partial charge in [-0.15, -0.1) is 0 Å². The van der Waals surface area contributed by atoms with Crippen molar-refractivity contribution in [3.05, 3.63) is 74.6 Å². The number of benzene rings is 2. The minimum Gasteiger partial charge on any atom is -0.497 e. The van der Waals surface area contributed by atoms with Gasteiger partial charge in [0.1, 0.15) is 17.4 Å². The van der Waals surface area contributed by atoms with Crippen LogP contribution in [-0.4, -0.2) is 17.1 Å². The molecule has 0 saturated carbocycles. The zero-order valence-electron chi connectivity index (χ0n) is 16.3. The number of rotatable bonds is 5. The SMILES string of the molecule is COc1ccc(-c2nc(SCc3c(C)cc(C)cc3C)[nH]c(=O)c2C#N)cc1. The number of hydrogen-bond donors (Lipinski definition) is 1. The van der Waals surface area contributed by atoms with E-state index in [9.17, 15) is 10.1 Å². The number of aromatic nitrogens is 2. The summed E-state index contributed by atoms with van der Waals surface area (Å²) in [6.07, 6.45) is 0. The molecule has 0 aliphatic rings. The van der Waals surface area contributed by atoms with E-state index in [0.29, 0.717) is 27.9 Å². The van der Waals surface area contributed by atoms with Crippen LogP contribution < -0.4 is 10.3 Å². The maximum atomic E-state index is 12.4. The number of hydrogen-bond acceptors (Lipinski definition) is 5. The Hall–Kier alpha value is -3.04. The van der Waals surface area contributed by atoms with Crippen LogP contribution in [0.4, 0.5) is 0 Å². The predicted molar refractivity (Wildman–Crippen MR) is 112 cm³/mol. The Labute approximate surface area is 168 Å². The van der Waals surface area contributed by atoms with Crippen LogP contribution in [0.15, 0.2) is 46.3 Å². The molecule has 142 valence electrons. The Bertz CT molecular complexity index is 1090. The van der Waals surface area contributed by atoms with Crippen LogP contribution in [0.1, 0.15) is 27.8 Å². The number of H-pyrrole nitrogens is 1. The molecule has 1 N–H and O–H groups in total. The Morgan fingerprint density at radius 1 is 1.14 bits per heavy atom. The monoisotopic (exact) mass is 391 g/mol. The van der Waals surface area contributed by atoms with Crippen molar-refractivity contribution in [1.82, 2.24) is 9.97 Å². The fraction of sp³-hybridized carbons (Fsp3) is 0.227. The van der Waals surface area contributed by atoms with Crippen molar-refractivity contribution >= 4 is 11.8 Å². The van der Waals surface area contributed by atoms with E-state index in [1.165, 1.54) is 34.0 Å². The molecule has 2 aromatic carbocycles. The van der Waals surface area contributed by atoms with E-state index < -0.39 is 5.56 Å². The number of thioether (sulfide) groups is 1. The first-order valence-electron chi connectivity index (χ1n) is 8.81. The average Bonchev–Trinajstić information content (AvgIpc) is 2.66. The van der Waals surface area contributed by atoms with Gasteiger partial charge in [-0.25, -0.2) is 4.98 Å². The topological polar surface area (TPSA) is 78.8 Å². The van der Waals surface area contributed by atoms with Crippen molar-refractivity contribution in [2.45, 2.75) is 31.7 Å². The van der Waals surface area contributed by atoms with Gasteiger partial charge in [0.15, 0.2) is 5.16 Å². The van der Waals surface area contributed by atoms with Crippen molar-refractivity contribution in [1.29, 1.82) is 5.26 Å². The van der Waals surface area contributed by atoms with E-state index in [2.05, 4.69) is 42.9 Å². The maximum absolute atomic E-state index is 12.4. The Morgan fingerprint density at radius 2 is 1.79 bits per heavy atom. The number of nitrogens with one attached hydrogen (secondary N) is 1. The quantitative estimate of drug-likeness (QED) is 0.510. The molecule has 0 radical (unpaired) electrons. The van der Waals surface area contributed by atoms with Gasteiger partial charge in [0.05, 0.1) is 12.8 Å². The van der Waals surface area contributed by atoms with Crippen LogP contribution in [0, 0.1) is 32.1 Å². The minimum absolute atomic E-state index is 0.0113. The maximum Gasteiger partial charge on any atom is 0.270 e. The summed E-state index contributed by atoms with van der Waals surface area (Å²) in [5.74, 6) is 1.39. The van der Waals surface area contributed by atoms with Gasteiger partial charge in [-0.2, -0.15) is 5.26 Å². The molecule has 3 aromatic rings. The predicted octanol–water partition coefficient (Wildman–Crippen LogP) is 4.53. The molecule has 28 heavy (non-hydrogen) atoms. The number of aromatic amines is 1. The smallest absolute Gasteiger partial charge is 0.270 e. The molecular formula is C22H21N3O2S. The average molecular weight is 391 g/mol. The van der Waals surface area contributed by atoms with Gasteiger partial charge in [-0.3, -0.25) is 4.79 Å². The number of ether oxygens (including phenoxy) is 1. The number of nitrogens with zero attached hydrogens (tertiary/aromatic N) is 2. The number of nitriles is 1. The first-order valence-corrected chi connectivity index (χ1v) is 9.80. The largest absolute Gasteiger partial charge is 0.497 e. The summed E-state index contributed by atoms with van der Waals surface area (Å²) in [5.41, 5.74) is 5.57. The van der Waals surface area contributed by atoms with Gasteiger partial charge in [0.25, 0.3) is 5.56 Å². The summed E-state index contributed by atoms with van der Waals surface area (Å²) >= 11 is 1.46. The summed E-state index contributed by atoms with van der Waals surface area (Å²) in [5, 5.41) is 9.91. The first-order chi connectivity index (χ1) is 13.4. The zero-order valence-corrected chi connectivity index (χ0v) is 17.1. The fourth-order valence-electron chi connectivity index (χ4n) is 3.16. The second-order valence-corrected chi connectivity index (χ2v) is 7.56. The molecule has 0 atom stereocenters. The summed E-state index contributed by atoms with van der Waals surface area (Å²) in [7, 11) is 1.59. The Morgan fingerprint density at radius 3 is 2.36 bits per heavy atom. The summed E-state index contributed by atoms with van der Waals surface area (Å²) < 4.78 is 5.17. The lowest BCUT2D eigenvalue weighted by Gasteiger charge is -2.11. The van der Waals surface area contributed by atoms with E-state index in [-0.39, 0.29) is 5.56 Å². The number of methoxy groups -OCH3 is 1. The summed E-state index contributed by atoms with van der Waals surface area (Å²) in [4.78, 5) is 19.7. The lowest BCUT2D eigenvalue weighted by Crippen LogP contribution is -2.14. The van der Waals surface area contributed by atoms with E-state index >= 15 is 0 Å². The first kappa shape index (κ1) is 19.7. The van der Waals surface area contributed by atoms with E-state index in [0.717, 1.165) is 0 Å².